The molecule has 2 aromatic rings. The minimum Gasteiger partial charge on any atom is -0.492 e. The lowest BCUT2D eigenvalue weighted by atomic mass is 10.3. The predicted octanol–water partition coefficient (Wildman–Crippen LogP) is 5.02. The van der Waals surface area contributed by atoms with Crippen molar-refractivity contribution >= 4 is 66.2 Å². The zero-order valence-electron chi connectivity index (χ0n) is 10.7. The smallest absolute Gasteiger partial charge is 0.271 e. The van der Waals surface area contributed by atoms with Crippen molar-refractivity contribution in [1.29, 1.82) is 0 Å². The van der Waals surface area contributed by atoms with Crippen LogP contribution in [0, 0.1) is 0 Å². The first-order valence-corrected chi connectivity index (χ1v) is 9.58. The molecule has 0 atom stereocenters. The van der Waals surface area contributed by atoms with E-state index in [1.165, 1.54) is 12.1 Å². The van der Waals surface area contributed by atoms with Gasteiger partial charge in [-0.3, -0.25) is 4.72 Å². The third kappa shape index (κ3) is 4.04. The van der Waals surface area contributed by atoms with Gasteiger partial charge in [-0.05, 0) is 47.1 Å². The van der Waals surface area contributed by atoms with Crippen molar-refractivity contribution in [3.05, 3.63) is 38.1 Å². The summed E-state index contributed by atoms with van der Waals surface area (Å²) in [6, 6.07) is 6.11. The molecule has 0 bridgehead atoms. The fourth-order valence-corrected chi connectivity index (χ4v) is 5.15. The Morgan fingerprint density at radius 1 is 1.33 bits per heavy atom. The summed E-state index contributed by atoms with van der Waals surface area (Å²) in [5.41, 5.74) is 0.282. The van der Waals surface area contributed by atoms with E-state index in [0.717, 1.165) is 11.3 Å². The van der Waals surface area contributed by atoms with E-state index >= 15 is 0 Å². The zero-order chi connectivity index (χ0) is 15.6. The average molecular weight is 431 g/mol. The second-order valence-corrected chi connectivity index (χ2v) is 8.99. The Balaban J connectivity index is 2.38. The summed E-state index contributed by atoms with van der Waals surface area (Å²) >= 11 is 16.0. The van der Waals surface area contributed by atoms with Gasteiger partial charge in [-0.1, -0.05) is 23.2 Å². The number of thiophene rings is 1. The van der Waals surface area contributed by atoms with E-state index in [4.69, 9.17) is 27.9 Å². The lowest BCUT2D eigenvalue weighted by Gasteiger charge is -2.12. The maximum Gasteiger partial charge on any atom is 0.271 e. The molecule has 1 aromatic carbocycles. The van der Waals surface area contributed by atoms with Crippen LogP contribution >= 0.6 is 50.5 Å². The van der Waals surface area contributed by atoms with Crippen molar-refractivity contribution in [3.63, 3.8) is 0 Å². The summed E-state index contributed by atoms with van der Waals surface area (Å²) in [5.74, 6) is 0.409. The molecule has 114 valence electrons. The van der Waals surface area contributed by atoms with Gasteiger partial charge >= 0.3 is 0 Å². The minimum absolute atomic E-state index is 0.0989. The normalized spacial score (nSPS) is 11.4. The van der Waals surface area contributed by atoms with Crippen LogP contribution in [0.2, 0.25) is 10.0 Å². The molecular weight excluding hydrogens is 421 g/mol. The molecule has 1 N–H and O–H groups in total. The highest BCUT2D eigenvalue weighted by Gasteiger charge is 2.21. The first kappa shape index (κ1) is 16.9. The van der Waals surface area contributed by atoms with Crippen LogP contribution in [0.1, 0.15) is 6.92 Å². The van der Waals surface area contributed by atoms with Gasteiger partial charge in [-0.25, -0.2) is 8.42 Å². The zero-order valence-corrected chi connectivity index (χ0v) is 15.4. The number of anilines is 1. The van der Waals surface area contributed by atoms with Crippen LogP contribution in [0.15, 0.2) is 32.3 Å². The molecule has 0 fully saturated rings. The number of rotatable bonds is 5. The molecule has 9 heteroatoms. The summed E-state index contributed by atoms with van der Waals surface area (Å²) < 4.78 is 33.2. The van der Waals surface area contributed by atoms with Gasteiger partial charge in [0, 0.05) is 5.02 Å². The molecule has 4 nitrogen and oxygen atoms in total. The maximum atomic E-state index is 12.4. The Bertz CT molecular complexity index is 742. The van der Waals surface area contributed by atoms with Crippen molar-refractivity contribution in [2.75, 3.05) is 11.3 Å². The summed E-state index contributed by atoms with van der Waals surface area (Å²) in [7, 11) is -3.76. The first-order chi connectivity index (χ1) is 9.83. The van der Waals surface area contributed by atoms with E-state index in [1.807, 2.05) is 6.92 Å². The van der Waals surface area contributed by atoms with Crippen molar-refractivity contribution in [2.24, 2.45) is 0 Å². The highest BCUT2D eigenvalue weighted by Crippen LogP contribution is 2.36. The monoisotopic (exact) mass is 429 g/mol. The summed E-state index contributed by atoms with van der Waals surface area (Å²) in [4.78, 5) is 0. The van der Waals surface area contributed by atoms with Crippen molar-refractivity contribution in [1.82, 2.24) is 0 Å². The SMILES string of the molecule is CCOc1ccc(Cl)cc1NS(=O)(=O)c1cc(Cl)c(Br)s1. The molecular formula is C12H10BrCl2NO3S2. The third-order valence-corrected chi connectivity index (χ3v) is 6.92. The highest BCUT2D eigenvalue weighted by atomic mass is 79.9. The highest BCUT2D eigenvalue weighted by molar-refractivity contribution is 9.11. The summed E-state index contributed by atoms with van der Waals surface area (Å²) in [6.07, 6.45) is 0. The Hall–Kier alpha value is -0.470. The second kappa shape index (κ2) is 6.75. The van der Waals surface area contributed by atoms with E-state index < -0.39 is 10.0 Å². The Morgan fingerprint density at radius 3 is 2.62 bits per heavy atom. The van der Waals surface area contributed by atoms with Crippen molar-refractivity contribution in [2.45, 2.75) is 11.1 Å². The standard InChI is InChI=1S/C12H10BrCl2NO3S2/c1-2-19-10-4-3-7(14)5-9(10)16-21(17,18)11-6-8(15)12(13)20-11/h3-6,16H,2H2,1H3. The van der Waals surface area contributed by atoms with E-state index in [9.17, 15) is 8.42 Å². The fraction of sp³-hybridized carbons (Fsp3) is 0.167. The molecule has 0 unspecified atom stereocenters. The molecule has 0 aliphatic rings. The first-order valence-electron chi connectivity index (χ1n) is 5.73. The molecule has 2 rings (SSSR count). The molecule has 0 aliphatic carbocycles. The van der Waals surface area contributed by atoms with Crippen LogP contribution < -0.4 is 9.46 Å². The molecule has 0 aliphatic heterocycles. The molecule has 1 aromatic heterocycles. The molecule has 0 saturated carbocycles. The van der Waals surface area contributed by atoms with Crippen LogP contribution in [0.3, 0.4) is 0 Å². The Kier molecular flexibility index (Phi) is 5.43. The van der Waals surface area contributed by atoms with Crippen LogP contribution in [0.5, 0.6) is 5.75 Å². The van der Waals surface area contributed by atoms with Crippen LogP contribution in [-0.2, 0) is 10.0 Å². The number of sulfonamides is 1. The lowest BCUT2D eigenvalue weighted by molar-refractivity contribution is 0.342. The van der Waals surface area contributed by atoms with Gasteiger partial charge in [-0.15, -0.1) is 11.3 Å². The number of ether oxygens (including phenoxy) is 1. The number of halogens is 3. The predicted molar refractivity (Wildman–Crippen MR) is 90.5 cm³/mol. The topological polar surface area (TPSA) is 55.4 Å². The van der Waals surface area contributed by atoms with Crippen LogP contribution in [0.25, 0.3) is 0 Å². The number of benzene rings is 1. The fourth-order valence-electron chi connectivity index (χ4n) is 1.52. The van der Waals surface area contributed by atoms with Crippen LogP contribution in [-0.4, -0.2) is 15.0 Å². The largest absolute Gasteiger partial charge is 0.492 e. The van der Waals surface area contributed by atoms with Gasteiger partial charge in [0.05, 0.1) is 21.1 Å². The van der Waals surface area contributed by atoms with Gasteiger partial charge in [0.2, 0.25) is 0 Å². The van der Waals surface area contributed by atoms with Gasteiger partial charge < -0.3 is 4.74 Å². The number of hydrogen-bond acceptors (Lipinski definition) is 4. The number of hydrogen-bond donors (Lipinski definition) is 1. The van der Waals surface area contributed by atoms with Gasteiger partial charge in [-0.2, -0.15) is 0 Å². The van der Waals surface area contributed by atoms with E-state index in [2.05, 4.69) is 20.7 Å². The summed E-state index contributed by atoms with van der Waals surface area (Å²) in [6.45, 7) is 2.22. The van der Waals surface area contributed by atoms with Crippen LogP contribution in [0.4, 0.5) is 5.69 Å². The quantitative estimate of drug-likeness (QED) is 0.724. The molecule has 0 spiro atoms. The van der Waals surface area contributed by atoms with Crippen molar-refractivity contribution < 1.29 is 13.2 Å². The molecule has 1 heterocycles. The average Bonchev–Trinajstić information content (AvgIpc) is 2.74. The van der Waals surface area contributed by atoms with Gasteiger partial charge in [0.15, 0.2) is 0 Å². The van der Waals surface area contributed by atoms with E-state index in [-0.39, 0.29) is 9.90 Å². The van der Waals surface area contributed by atoms with E-state index in [1.54, 1.807) is 12.1 Å². The molecule has 0 saturated heterocycles. The molecule has 21 heavy (non-hydrogen) atoms. The summed E-state index contributed by atoms with van der Waals surface area (Å²) in [5, 5.41) is 0.748. The number of nitrogens with one attached hydrogen (secondary N) is 1. The van der Waals surface area contributed by atoms with Gasteiger partial charge in [0.25, 0.3) is 10.0 Å². The lowest BCUT2D eigenvalue weighted by Crippen LogP contribution is -2.12. The second-order valence-electron chi connectivity index (χ2n) is 3.87. The van der Waals surface area contributed by atoms with Crippen molar-refractivity contribution in [3.8, 4) is 5.75 Å². The molecule has 0 radical (unpaired) electrons. The van der Waals surface area contributed by atoms with E-state index in [0.29, 0.717) is 26.2 Å². The molecule has 0 amide bonds. The Morgan fingerprint density at radius 2 is 2.05 bits per heavy atom. The maximum absolute atomic E-state index is 12.4. The van der Waals surface area contributed by atoms with Gasteiger partial charge in [0.1, 0.15) is 9.96 Å². The Labute approximate surface area is 145 Å². The third-order valence-electron chi connectivity index (χ3n) is 2.37. The minimum atomic E-state index is -3.76.